The van der Waals surface area contributed by atoms with Crippen LogP contribution in [0.3, 0.4) is 0 Å². The van der Waals surface area contributed by atoms with Crippen molar-refractivity contribution in [2.45, 2.75) is 83.5 Å². The van der Waals surface area contributed by atoms with Gasteiger partial charge in [-0.05, 0) is 92.0 Å². The van der Waals surface area contributed by atoms with Crippen LogP contribution in [-0.2, 0) is 5.41 Å². The third kappa shape index (κ3) is 3.51. The lowest BCUT2D eigenvalue weighted by Crippen LogP contribution is -2.26. The molecule has 0 radical (unpaired) electrons. The number of hydrogen-bond donors (Lipinski definition) is 2. The summed E-state index contributed by atoms with van der Waals surface area (Å²) in [5.41, 5.74) is 7.35. The molecule has 0 bridgehead atoms. The molecular weight excluding hydrogens is 356 g/mol. The Hall–Kier alpha value is -2.10. The van der Waals surface area contributed by atoms with Gasteiger partial charge in [-0.25, -0.2) is 9.97 Å². The number of hydrogen-bond acceptors (Lipinski definition) is 4. The predicted molar refractivity (Wildman–Crippen MR) is 120 cm³/mol. The average molecular weight is 391 g/mol. The first-order valence-electron chi connectivity index (χ1n) is 11.5. The van der Waals surface area contributed by atoms with Gasteiger partial charge in [-0.1, -0.05) is 26.2 Å². The van der Waals surface area contributed by atoms with Crippen molar-refractivity contribution in [1.29, 1.82) is 0 Å². The topological polar surface area (TPSA) is 49.8 Å². The van der Waals surface area contributed by atoms with Crippen molar-refractivity contribution < 1.29 is 0 Å². The number of anilines is 3. The molecule has 3 aliphatic rings. The van der Waals surface area contributed by atoms with Crippen molar-refractivity contribution in [3.63, 3.8) is 0 Å². The second-order valence-electron chi connectivity index (χ2n) is 9.85. The Labute approximate surface area is 174 Å². The first-order chi connectivity index (χ1) is 14.1. The van der Waals surface area contributed by atoms with Crippen molar-refractivity contribution in [2.24, 2.45) is 5.92 Å². The third-order valence-corrected chi connectivity index (χ3v) is 7.56. The zero-order valence-electron chi connectivity index (χ0n) is 18.1. The van der Waals surface area contributed by atoms with Crippen LogP contribution < -0.4 is 10.6 Å². The van der Waals surface area contributed by atoms with Crippen LogP contribution in [0.2, 0.25) is 0 Å². The van der Waals surface area contributed by atoms with E-state index < -0.39 is 0 Å². The maximum atomic E-state index is 4.56. The van der Waals surface area contributed by atoms with Crippen LogP contribution in [-0.4, -0.2) is 16.5 Å². The van der Waals surface area contributed by atoms with E-state index in [0.29, 0.717) is 11.3 Å². The van der Waals surface area contributed by atoms with Gasteiger partial charge in [0.25, 0.3) is 0 Å². The molecule has 0 saturated heterocycles. The van der Waals surface area contributed by atoms with Gasteiger partial charge in [0, 0.05) is 17.8 Å². The second kappa shape index (κ2) is 7.30. The normalized spacial score (nSPS) is 22.5. The van der Waals surface area contributed by atoms with Crippen molar-refractivity contribution in [1.82, 2.24) is 9.97 Å². The zero-order valence-corrected chi connectivity index (χ0v) is 18.1. The van der Waals surface area contributed by atoms with Gasteiger partial charge in [-0.2, -0.15) is 0 Å². The van der Waals surface area contributed by atoms with Crippen molar-refractivity contribution in [3.8, 4) is 0 Å². The Morgan fingerprint density at radius 1 is 1.03 bits per heavy atom. The number of benzene rings is 1. The number of rotatable bonds is 5. The Bertz CT molecular complexity index is 909. The molecule has 0 amide bonds. The van der Waals surface area contributed by atoms with Crippen LogP contribution in [0.4, 0.5) is 17.3 Å². The molecule has 1 heterocycles. The summed E-state index contributed by atoms with van der Waals surface area (Å²) in [7, 11) is 0. The molecule has 3 aliphatic carbocycles. The fraction of sp³-hybridized carbons (Fsp3) is 0.600. The van der Waals surface area contributed by atoms with E-state index in [9.17, 15) is 0 Å². The monoisotopic (exact) mass is 390 g/mol. The van der Waals surface area contributed by atoms with Crippen LogP contribution in [0.15, 0.2) is 18.5 Å². The number of fused-ring (bicyclic) bond motifs is 2. The number of nitrogens with one attached hydrogen (secondary N) is 2. The van der Waals surface area contributed by atoms with Crippen molar-refractivity contribution >= 4 is 17.3 Å². The summed E-state index contributed by atoms with van der Waals surface area (Å²) in [4.78, 5) is 9.03. The molecule has 1 aromatic carbocycles. The van der Waals surface area contributed by atoms with E-state index in [2.05, 4.69) is 53.5 Å². The number of aryl methyl sites for hydroxylation is 1. The van der Waals surface area contributed by atoms with Gasteiger partial charge in [0.05, 0.1) is 0 Å². The minimum Gasteiger partial charge on any atom is -0.369 e. The van der Waals surface area contributed by atoms with Gasteiger partial charge in [-0.3, -0.25) is 0 Å². The van der Waals surface area contributed by atoms with Crippen LogP contribution in [0, 0.1) is 19.8 Å². The van der Waals surface area contributed by atoms with Crippen LogP contribution in [0.1, 0.15) is 86.5 Å². The SMILES string of the molecule is Cc1cc(Nc2ncnc(NCC3CC3)c2C)cc2c1C(C)CC21CCCCC1. The molecule has 2 fully saturated rings. The van der Waals surface area contributed by atoms with Gasteiger partial charge in [0.1, 0.15) is 18.0 Å². The van der Waals surface area contributed by atoms with E-state index in [4.69, 9.17) is 0 Å². The smallest absolute Gasteiger partial charge is 0.138 e. The van der Waals surface area contributed by atoms with Crippen LogP contribution in [0.5, 0.6) is 0 Å². The maximum Gasteiger partial charge on any atom is 0.138 e. The van der Waals surface area contributed by atoms with Gasteiger partial charge in [0.15, 0.2) is 0 Å². The predicted octanol–water partition coefficient (Wildman–Crippen LogP) is 6.37. The Kier molecular flexibility index (Phi) is 4.76. The van der Waals surface area contributed by atoms with E-state index in [-0.39, 0.29) is 0 Å². The molecule has 1 atom stereocenters. The van der Waals surface area contributed by atoms with Crippen molar-refractivity contribution in [2.75, 3.05) is 17.2 Å². The molecule has 4 nitrogen and oxygen atoms in total. The molecule has 1 spiro atoms. The summed E-state index contributed by atoms with van der Waals surface area (Å²) in [6, 6.07) is 4.76. The Morgan fingerprint density at radius 3 is 2.55 bits per heavy atom. The first kappa shape index (κ1) is 18.9. The highest BCUT2D eigenvalue weighted by molar-refractivity contribution is 5.67. The highest BCUT2D eigenvalue weighted by Gasteiger charge is 2.43. The molecule has 4 heteroatoms. The van der Waals surface area contributed by atoms with E-state index in [0.717, 1.165) is 29.7 Å². The summed E-state index contributed by atoms with van der Waals surface area (Å²) >= 11 is 0. The Morgan fingerprint density at radius 2 is 1.79 bits per heavy atom. The maximum absolute atomic E-state index is 4.56. The fourth-order valence-corrected chi connectivity index (χ4v) is 5.92. The lowest BCUT2D eigenvalue weighted by atomic mass is 9.70. The molecule has 2 aromatic rings. The molecular formula is C25H34N4. The quantitative estimate of drug-likeness (QED) is 0.623. The standard InChI is InChI=1S/C25H34N4/c1-16-11-20(12-21-22(16)17(2)13-25(21)9-5-4-6-10-25)29-24-18(3)23(27-15-28-24)26-14-19-7-8-19/h11-12,15,17,19H,4-10,13-14H2,1-3H3,(H2,26,27,28,29). The molecule has 0 aliphatic heterocycles. The molecule has 1 aromatic heterocycles. The average Bonchev–Trinajstić information content (AvgIpc) is 3.49. The molecule has 2 saturated carbocycles. The summed E-state index contributed by atoms with van der Waals surface area (Å²) in [5, 5.41) is 7.15. The minimum absolute atomic E-state index is 0.410. The minimum atomic E-state index is 0.410. The first-order valence-corrected chi connectivity index (χ1v) is 11.5. The Balaban J connectivity index is 1.45. The van der Waals surface area contributed by atoms with E-state index in [1.165, 1.54) is 62.6 Å². The number of nitrogens with zero attached hydrogens (tertiary/aromatic N) is 2. The van der Waals surface area contributed by atoms with E-state index in [1.807, 2.05) is 0 Å². The fourth-order valence-electron chi connectivity index (χ4n) is 5.92. The largest absolute Gasteiger partial charge is 0.369 e. The second-order valence-corrected chi connectivity index (χ2v) is 9.85. The summed E-state index contributed by atoms with van der Waals surface area (Å²) in [6.07, 6.45) is 12.6. The van der Waals surface area contributed by atoms with Gasteiger partial charge in [-0.15, -0.1) is 0 Å². The molecule has 154 valence electrons. The van der Waals surface area contributed by atoms with Crippen LogP contribution in [0.25, 0.3) is 0 Å². The van der Waals surface area contributed by atoms with Gasteiger partial charge < -0.3 is 10.6 Å². The lowest BCUT2D eigenvalue weighted by Gasteiger charge is -2.35. The van der Waals surface area contributed by atoms with E-state index >= 15 is 0 Å². The highest BCUT2D eigenvalue weighted by atomic mass is 15.1. The molecule has 5 rings (SSSR count). The van der Waals surface area contributed by atoms with E-state index in [1.54, 1.807) is 17.5 Å². The highest BCUT2D eigenvalue weighted by Crippen LogP contribution is 2.55. The zero-order chi connectivity index (χ0) is 20.0. The van der Waals surface area contributed by atoms with Gasteiger partial charge >= 0.3 is 0 Å². The van der Waals surface area contributed by atoms with Crippen LogP contribution >= 0.6 is 0 Å². The molecule has 1 unspecified atom stereocenters. The summed E-state index contributed by atoms with van der Waals surface area (Å²) < 4.78 is 0. The molecule has 29 heavy (non-hydrogen) atoms. The number of aromatic nitrogens is 2. The third-order valence-electron chi connectivity index (χ3n) is 7.56. The summed E-state index contributed by atoms with van der Waals surface area (Å²) in [5.74, 6) is 3.39. The van der Waals surface area contributed by atoms with Crippen molar-refractivity contribution in [3.05, 3.63) is 40.7 Å². The molecule has 2 N–H and O–H groups in total. The summed E-state index contributed by atoms with van der Waals surface area (Å²) in [6.45, 7) is 7.85. The lowest BCUT2D eigenvalue weighted by molar-refractivity contribution is 0.283. The van der Waals surface area contributed by atoms with Gasteiger partial charge in [0.2, 0.25) is 0 Å².